The number of pyridine rings is 1. The van der Waals surface area contributed by atoms with Crippen LogP contribution in [0.4, 0.5) is 0 Å². The minimum atomic E-state index is -1.67. The van der Waals surface area contributed by atoms with E-state index < -0.39 is 14.4 Å². The summed E-state index contributed by atoms with van der Waals surface area (Å²) in [6, 6.07) is 46.8. The topological polar surface area (TPSA) is 43.9 Å². The van der Waals surface area contributed by atoms with Crippen molar-refractivity contribution in [2.75, 3.05) is 0 Å². The van der Waals surface area contributed by atoms with Gasteiger partial charge in [0.1, 0.15) is 5.58 Å². The second kappa shape index (κ2) is 14.5. The summed E-state index contributed by atoms with van der Waals surface area (Å²) in [5.74, 6) is 0.745. The number of furan rings is 1. The van der Waals surface area contributed by atoms with E-state index in [4.69, 9.17) is 12.1 Å². The molecule has 0 unspecified atom stereocenters. The molecular weight excluding hydrogens is 795 g/mol. The minimum absolute atomic E-state index is 0. The van der Waals surface area contributed by atoms with Crippen molar-refractivity contribution in [3.8, 4) is 28.3 Å². The molecule has 0 saturated carbocycles. The van der Waals surface area contributed by atoms with E-state index in [1.165, 1.54) is 0 Å². The van der Waals surface area contributed by atoms with Crippen molar-refractivity contribution in [2.45, 2.75) is 39.9 Å². The second-order valence-electron chi connectivity index (χ2n) is 13.2. The molecule has 5 aromatic carbocycles. The van der Waals surface area contributed by atoms with Crippen LogP contribution in [-0.4, -0.2) is 22.6 Å². The number of aromatic nitrogens is 3. The summed E-state index contributed by atoms with van der Waals surface area (Å²) in [6.07, 6.45) is 0.528. The summed E-state index contributed by atoms with van der Waals surface area (Å²) in [6.45, 7) is 10.6. The maximum Gasteiger partial charge on any atom is 0.120 e. The predicted molar refractivity (Wildman–Crippen MR) is 203 cm³/mol. The van der Waals surface area contributed by atoms with Gasteiger partial charge in [0.2, 0.25) is 0 Å². The molecule has 8 aromatic rings. The number of fused-ring (bicyclic) bond motifs is 4. The van der Waals surface area contributed by atoms with E-state index in [2.05, 4.69) is 71.7 Å². The van der Waals surface area contributed by atoms with E-state index in [9.17, 15) is 0 Å². The van der Waals surface area contributed by atoms with Crippen molar-refractivity contribution in [2.24, 2.45) is 5.92 Å². The average molecular weight is 836 g/mol. The first-order valence-corrected chi connectivity index (χ1v) is 19.9. The summed E-state index contributed by atoms with van der Waals surface area (Å²) >= 11 is 0. The molecule has 0 fully saturated rings. The third-order valence-corrected chi connectivity index (χ3v) is 10.3. The normalized spacial score (nSPS) is 12.4. The van der Waals surface area contributed by atoms with Crippen LogP contribution in [0.1, 0.15) is 22.2 Å². The molecule has 0 atom stereocenters. The number of para-hydroxylation sites is 4. The molecule has 0 bridgehead atoms. The zero-order valence-electron chi connectivity index (χ0n) is 30.3. The van der Waals surface area contributed by atoms with Crippen LogP contribution >= 0.6 is 0 Å². The van der Waals surface area contributed by atoms with Gasteiger partial charge in [0.25, 0.3) is 0 Å². The molecule has 0 saturated heterocycles. The van der Waals surface area contributed by atoms with Gasteiger partial charge in [-0.3, -0.25) is 4.98 Å². The Morgan fingerprint density at radius 1 is 0.816 bits per heavy atom. The Hall–Kier alpha value is -4.61. The van der Waals surface area contributed by atoms with Crippen molar-refractivity contribution in [1.82, 2.24) is 14.5 Å². The van der Waals surface area contributed by atoms with Gasteiger partial charge >= 0.3 is 0 Å². The number of rotatable bonds is 6. The van der Waals surface area contributed by atoms with E-state index in [1.54, 1.807) is 0 Å². The first-order valence-electron chi connectivity index (χ1n) is 17.4. The second-order valence-corrected chi connectivity index (χ2v) is 18.3. The van der Waals surface area contributed by atoms with Gasteiger partial charge in [0.15, 0.2) is 0 Å². The van der Waals surface area contributed by atoms with E-state index in [-0.39, 0.29) is 26.0 Å². The standard InChI is InChI=1S/C25H15N2O.C18H24NSi.Ir/c1-2-9-17(10-3-1)27-22-15-6-5-14-21(22)26-25(27)20-13-8-12-19-18-11-4-7-16-23(18)28-24(19)20;1-14(2)11-16-12-17(15-9-7-6-8-10-15)19-13-18(16)20(3,4)5;/h1-12,14-16H;6-9,12-14H,11H2,1-5H3;/q2*-1;/i;11D2;. The molecule has 0 aliphatic carbocycles. The van der Waals surface area contributed by atoms with E-state index in [0.717, 1.165) is 72.1 Å². The molecule has 4 nitrogen and oxygen atoms in total. The number of hydrogen-bond acceptors (Lipinski definition) is 3. The van der Waals surface area contributed by atoms with Crippen molar-refractivity contribution >= 4 is 46.2 Å². The summed E-state index contributed by atoms with van der Waals surface area (Å²) in [4.78, 5) is 9.54. The smallest absolute Gasteiger partial charge is 0.120 e. The zero-order chi connectivity index (χ0) is 35.0. The molecule has 3 aromatic heterocycles. The molecule has 0 aliphatic rings. The molecule has 8 rings (SSSR count). The Labute approximate surface area is 306 Å². The fourth-order valence-corrected chi connectivity index (χ4v) is 7.48. The number of nitrogens with zero attached hydrogens (tertiary/aromatic N) is 3. The quantitative estimate of drug-likeness (QED) is 0.124. The minimum Gasteiger partial charge on any atom is -0.501 e. The fourth-order valence-electron chi connectivity index (χ4n) is 6.07. The third-order valence-electron chi connectivity index (χ3n) is 8.28. The summed E-state index contributed by atoms with van der Waals surface area (Å²) in [7, 11) is -1.67. The average Bonchev–Trinajstić information content (AvgIpc) is 3.71. The van der Waals surface area contributed by atoms with Crippen molar-refractivity contribution in [1.29, 1.82) is 0 Å². The van der Waals surface area contributed by atoms with Crippen LogP contribution in [0.3, 0.4) is 0 Å². The number of hydrogen-bond donors (Lipinski definition) is 0. The predicted octanol–water partition coefficient (Wildman–Crippen LogP) is 10.7. The number of imidazole rings is 1. The van der Waals surface area contributed by atoms with E-state index in [0.29, 0.717) is 0 Å². The van der Waals surface area contributed by atoms with Crippen LogP contribution in [0, 0.1) is 18.1 Å². The van der Waals surface area contributed by atoms with E-state index in [1.807, 2.05) is 111 Å². The SMILES string of the molecule is [2H]C([2H])(c1cc(-c2[c-]cccc2)ncc1[Si](C)(C)C)C(C)C.[Ir].[c-]1ccc2c(oc3ccccc32)c1-c1nc2ccccc2n1-c1ccccc1. The molecule has 3 heterocycles. The molecule has 0 spiro atoms. The Balaban J connectivity index is 0.000000178. The molecular formula is C43H39IrN3OSi-2. The molecule has 0 amide bonds. The first-order chi connectivity index (χ1) is 24.0. The Kier molecular flexibility index (Phi) is 9.35. The monoisotopic (exact) mass is 836 g/mol. The first kappa shape index (κ1) is 31.6. The van der Waals surface area contributed by atoms with Crippen LogP contribution < -0.4 is 5.19 Å². The third kappa shape index (κ3) is 7.09. The van der Waals surface area contributed by atoms with Gasteiger partial charge in [0.05, 0.1) is 30.5 Å². The van der Waals surface area contributed by atoms with Crippen LogP contribution in [0.2, 0.25) is 19.6 Å². The maximum absolute atomic E-state index is 8.55. The molecule has 0 N–H and O–H groups in total. The summed E-state index contributed by atoms with van der Waals surface area (Å²) < 4.78 is 25.5. The van der Waals surface area contributed by atoms with Gasteiger partial charge in [-0.15, -0.1) is 54.1 Å². The summed E-state index contributed by atoms with van der Waals surface area (Å²) in [5.41, 5.74) is 8.13. The molecule has 247 valence electrons. The number of benzene rings is 5. The zero-order valence-corrected chi connectivity index (χ0v) is 31.7. The van der Waals surface area contributed by atoms with Gasteiger partial charge in [-0.05, 0) is 53.5 Å². The molecule has 0 aliphatic heterocycles. The molecule has 49 heavy (non-hydrogen) atoms. The van der Waals surface area contributed by atoms with Gasteiger partial charge in [-0.2, -0.15) is 0 Å². The fraction of sp³-hybridized carbons (Fsp3) is 0.163. The Bertz CT molecular complexity index is 2430. The van der Waals surface area contributed by atoms with Crippen molar-refractivity contribution in [3.63, 3.8) is 0 Å². The maximum atomic E-state index is 8.55. The summed E-state index contributed by atoms with van der Waals surface area (Å²) in [5, 5.41) is 3.29. The van der Waals surface area contributed by atoms with Gasteiger partial charge in [-0.1, -0.05) is 105 Å². The van der Waals surface area contributed by atoms with Gasteiger partial charge in [-0.25, -0.2) is 0 Å². The van der Waals surface area contributed by atoms with Crippen LogP contribution in [0.5, 0.6) is 0 Å². The van der Waals surface area contributed by atoms with Crippen molar-refractivity contribution in [3.05, 3.63) is 145 Å². The largest absolute Gasteiger partial charge is 0.501 e. The molecule has 1 radical (unpaired) electrons. The van der Waals surface area contributed by atoms with Gasteiger partial charge < -0.3 is 14.0 Å². The van der Waals surface area contributed by atoms with Crippen molar-refractivity contribution < 1.29 is 27.3 Å². The Morgan fingerprint density at radius 2 is 1.55 bits per heavy atom. The van der Waals surface area contributed by atoms with Gasteiger partial charge in [0, 0.05) is 40.1 Å². The van der Waals surface area contributed by atoms with E-state index >= 15 is 0 Å². The van der Waals surface area contributed by atoms with Crippen LogP contribution in [0.15, 0.2) is 132 Å². The van der Waals surface area contributed by atoms with Crippen LogP contribution in [-0.2, 0) is 26.5 Å². The Morgan fingerprint density at radius 3 is 2.31 bits per heavy atom. The van der Waals surface area contributed by atoms with Crippen LogP contribution in [0.25, 0.3) is 61.3 Å². The molecule has 6 heteroatoms.